The molecule has 1 heterocycles. The Hall–Kier alpha value is -2.37. The molecule has 0 spiro atoms. The number of carbonyl (C=O) groups excluding carboxylic acids is 1. The minimum atomic E-state index is -0.0458. The lowest BCUT2D eigenvalue weighted by Gasteiger charge is -2.56. The van der Waals surface area contributed by atoms with Crippen LogP contribution in [0.2, 0.25) is 0 Å². The number of carbonyl (C=O) groups is 1. The van der Waals surface area contributed by atoms with Gasteiger partial charge in [0.25, 0.3) is 5.91 Å². The molecule has 2 fully saturated rings. The van der Waals surface area contributed by atoms with Gasteiger partial charge in [0.2, 0.25) is 0 Å². The van der Waals surface area contributed by atoms with Crippen LogP contribution < -0.4 is 4.74 Å². The number of likely N-dealkylation sites (tertiary alicyclic amines) is 1. The quantitative estimate of drug-likeness (QED) is 0.734. The van der Waals surface area contributed by atoms with Crippen molar-refractivity contribution in [2.75, 3.05) is 41.4 Å². The monoisotopic (exact) mass is 422 g/mol. The first kappa shape index (κ1) is 21.8. The lowest BCUT2D eigenvalue weighted by Crippen LogP contribution is -2.61. The molecule has 1 aliphatic heterocycles. The van der Waals surface area contributed by atoms with Crippen molar-refractivity contribution >= 4 is 5.91 Å². The van der Waals surface area contributed by atoms with E-state index >= 15 is 0 Å². The van der Waals surface area contributed by atoms with Crippen molar-refractivity contribution in [3.8, 4) is 5.75 Å². The largest absolute Gasteiger partial charge is 0.497 e. The lowest BCUT2D eigenvalue weighted by atomic mass is 9.56. The van der Waals surface area contributed by atoms with Crippen molar-refractivity contribution in [1.82, 2.24) is 9.80 Å². The average molecular weight is 423 g/mol. The maximum atomic E-state index is 13.2. The highest BCUT2D eigenvalue weighted by Crippen LogP contribution is 2.51. The number of fused-ring (bicyclic) bond motifs is 1. The summed E-state index contributed by atoms with van der Waals surface area (Å²) in [7, 11) is 7.68. The second-order valence-electron chi connectivity index (χ2n) is 9.16. The number of piperidine rings is 1. The number of hydrogen-bond donors (Lipinski definition) is 0. The van der Waals surface area contributed by atoms with E-state index in [1.165, 1.54) is 5.56 Å². The van der Waals surface area contributed by atoms with E-state index in [0.717, 1.165) is 43.7 Å². The zero-order chi connectivity index (χ0) is 22.0. The van der Waals surface area contributed by atoms with Crippen LogP contribution in [0.4, 0.5) is 0 Å². The standard InChI is InChI=1S/C26H34N2O3/c1-27-14-13-26(20-11-8-12-22(15-20)30-3)17-21(16-24(31-4)23(26)18-27)28(2)25(29)19-9-6-5-7-10-19/h5-12,15,21,23-24H,13-14,16-18H2,1-4H3/t21-,23-,24?,26-/m0/s1. The Kier molecular flexibility index (Phi) is 6.35. The molecular formula is C26H34N2O3. The summed E-state index contributed by atoms with van der Waals surface area (Å²) in [6.45, 7) is 2.03. The van der Waals surface area contributed by atoms with Crippen LogP contribution >= 0.6 is 0 Å². The fourth-order valence-corrected chi connectivity index (χ4v) is 5.76. The van der Waals surface area contributed by atoms with Crippen molar-refractivity contribution in [3.05, 3.63) is 65.7 Å². The molecule has 1 amide bonds. The van der Waals surface area contributed by atoms with Gasteiger partial charge in [0.1, 0.15) is 5.75 Å². The molecule has 166 valence electrons. The first-order valence-electron chi connectivity index (χ1n) is 11.2. The summed E-state index contributed by atoms with van der Waals surface area (Å²) in [6, 6.07) is 18.2. The van der Waals surface area contributed by atoms with Crippen LogP contribution in [-0.4, -0.2) is 69.3 Å². The normalized spacial score (nSPS) is 28.6. The van der Waals surface area contributed by atoms with Crippen LogP contribution in [0, 0.1) is 5.92 Å². The molecule has 0 bridgehead atoms. The first-order chi connectivity index (χ1) is 15.0. The molecule has 2 aromatic rings. The van der Waals surface area contributed by atoms with Crippen LogP contribution in [0.15, 0.2) is 54.6 Å². The number of amides is 1. The summed E-state index contributed by atoms with van der Waals surface area (Å²) < 4.78 is 11.6. The Morgan fingerprint density at radius 2 is 1.90 bits per heavy atom. The van der Waals surface area contributed by atoms with Gasteiger partial charge in [0, 0.05) is 43.6 Å². The van der Waals surface area contributed by atoms with Gasteiger partial charge in [0.05, 0.1) is 13.2 Å². The van der Waals surface area contributed by atoms with E-state index in [2.05, 4.69) is 30.1 Å². The maximum Gasteiger partial charge on any atom is 0.253 e. The van der Waals surface area contributed by atoms with Gasteiger partial charge in [-0.05, 0) is 62.7 Å². The van der Waals surface area contributed by atoms with E-state index in [-0.39, 0.29) is 23.5 Å². The molecule has 2 aromatic carbocycles. The molecule has 4 atom stereocenters. The van der Waals surface area contributed by atoms with Gasteiger partial charge >= 0.3 is 0 Å². The van der Waals surface area contributed by atoms with Crippen molar-refractivity contribution in [2.45, 2.75) is 36.8 Å². The third kappa shape index (κ3) is 4.09. The molecular weight excluding hydrogens is 388 g/mol. The number of rotatable bonds is 5. The molecule has 1 saturated carbocycles. The Morgan fingerprint density at radius 3 is 2.61 bits per heavy atom. The number of ether oxygens (including phenoxy) is 2. The highest BCUT2D eigenvalue weighted by Gasteiger charge is 2.53. The van der Waals surface area contributed by atoms with Crippen molar-refractivity contribution in [2.24, 2.45) is 5.92 Å². The minimum Gasteiger partial charge on any atom is -0.497 e. The molecule has 0 N–H and O–H groups in total. The smallest absolute Gasteiger partial charge is 0.253 e. The van der Waals surface area contributed by atoms with E-state index in [1.54, 1.807) is 7.11 Å². The summed E-state index contributed by atoms with van der Waals surface area (Å²) in [4.78, 5) is 17.6. The Morgan fingerprint density at radius 1 is 1.13 bits per heavy atom. The third-order valence-electron chi connectivity index (χ3n) is 7.55. The van der Waals surface area contributed by atoms with Gasteiger partial charge in [-0.3, -0.25) is 4.79 Å². The second-order valence-corrected chi connectivity index (χ2v) is 9.16. The topological polar surface area (TPSA) is 42.0 Å². The van der Waals surface area contributed by atoms with Crippen LogP contribution in [-0.2, 0) is 10.2 Å². The van der Waals surface area contributed by atoms with Gasteiger partial charge in [-0.2, -0.15) is 0 Å². The molecule has 0 radical (unpaired) electrons. The van der Waals surface area contributed by atoms with E-state index in [9.17, 15) is 4.79 Å². The van der Waals surface area contributed by atoms with E-state index < -0.39 is 0 Å². The second kappa shape index (κ2) is 9.01. The van der Waals surface area contributed by atoms with E-state index in [0.29, 0.717) is 5.92 Å². The summed E-state index contributed by atoms with van der Waals surface area (Å²) in [5.41, 5.74) is 1.99. The van der Waals surface area contributed by atoms with Crippen LogP contribution in [0.1, 0.15) is 35.2 Å². The van der Waals surface area contributed by atoms with Crippen molar-refractivity contribution in [3.63, 3.8) is 0 Å². The summed E-state index contributed by atoms with van der Waals surface area (Å²) >= 11 is 0. The molecule has 0 aromatic heterocycles. The fraction of sp³-hybridized carbons (Fsp3) is 0.500. The van der Waals surface area contributed by atoms with Gasteiger partial charge in [-0.15, -0.1) is 0 Å². The van der Waals surface area contributed by atoms with Crippen LogP contribution in [0.25, 0.3) is 0 Å². The van der Waals surface area contributed by atoms with Gasteiger partial charge in [0.15, 0.2) is 0 Å². The van der Waals surface area contributed by atoms with Crippen LogP contribution in [0.5, 0.6) is 5.75 Å². The lowest BCUT2D eigenvalue weighted by molar-refractivity contribution is -0.0751. The fourth-order valence-electron chi connectivity index (χ4n) is 5.76. The SMILES string of the molecule is COc1cccc([C@@]23CCN(C)C[C@H]2C(OC)C[C@H](N(C)C(=O)c2ccccc2)C3)c1. The summed E-state index contributed by atoms with van der Waals surface area (Å²) in [5.74, 6) is 1.34. The Balaban J connectivity index is 1.71. The van der Waals surface area contributed by atoms with Crippen LogP contribution in [0.3, 0.4) is 0 Å². The average Bonchev–Trinajstić information content (AvgIpc) is 2.83. The third-order valence-corrected chi connectivity index (χ3v) is 7.55. The van der Waals surface area contributed by atoms with Crippen molar-refractivity contribution in [1.29, 1.82) is 0 Å². The number of methoxy groups -OCH3 is 2. The summed E-state index contributed by atoms with van der Waals surface area (Å²) in [5, 5.41) is 0. The molecule has 1 aliphatic carbocycles. The number of benzene rings is 2. The van der Waals surface area contributed by atoms with Gasteiger partial charge < -0.3 is 19.3 Å². The zero-order valence-corrected chi connectivity index (χ0v) is 19.1. The van der Waals surface area contributed by atoms with E-state index in [1.807, 2.05) is 55.5 Å². The Labute approximate surface area is 185 Å². The number of nitrogens with zero attached hydrogens (tertiary/aromatic N) is 2. The molecule has 1 saturated heterocycles. The molecule has 5 nitrogen and oxygen atoms in total. The van der Waals surface area contributed by atoms with Crippen molar-refractivity contribution < 1.29 is 14.3 Å². The number of hydrogen-bond acceptors (Lipinski definition) is 4. The molecule has 31 heavy (non-hydrogen) atoms. The minimum absolute atomic E-state index is 0.0458. The highest BCUT2D eigenvalue weighted by molar-refractivity contribution is 5.94. The molecule has 2 aliphatic rings. The predicted octanol–water partition coefficient (Wildman–Crippen LogP) is 3.83. The van der Waals surface area contributed by atoms with Gasteiger partial charge in [-0.25, -0.2) is 0 Å². The van der Waals surface area contributed by atoms with Gasteiger partial charge in [-0.1, -0.05) is 30.3 Å². The highest BCUT2D eigenvalue weighted by atomic mass is 16.5. The van der Waals surface area contributed by atoms with E-state index in [4.69, 9.17) is 9.47 Å². The maximum absolute atomic E-state index is 13.2. The Bertz CT molecular complexity index is 903. The predicted molar refractivity (Wildman–Crippen MR) is 123 cm³/mol. The summed E-state index contributed by atoms with van der Waals surface area (Å²) in [6.07, 6.45) is 2.94. The molecule has 4 rings (SSSR count). The zero-order valence-electron chi connectivity index (χ0n) is 19.1. The first-order valence-corrected chi connectivity index (χ1v) is 11.2. The molecule has 5 heteroatoms. The molecule has 1 unspecified atom stereocenters.